The number of methoxy groups -OCH3 is 1. The van der Waals surface area contributed by atoms with Crippen LogP contribution in [0.3, 0.4) is 0 Å². The fourth-order valence-electron chi connectivity index (χ4n) is 2.24. The number of hydrogen-bond acceptors (Lipinski definition) is 3. The fourth-order valence-corrected chi connectivity index (χ4v) is 4.81. The van der Waals surface area contributed by atoms with E-state index < -0.39 is 14.3 Å². The van der Waals surface area contributed by atoms with Crippen LogP contribution in [0.5, 0.6) is 11.5 Å². The Morgan fingerprint density at radius 1 is 1.19 bits per heavy atom. The van der Waals surface area contributed by atoms with Crippen LogP contribution in [0.25, 0.3) is 6.08 Å². The minimum absolute atomic E-state index is 0.648. The molecule has 116 valence electrons. The quantitative estimate of drug-likeness (QED) is 0.578. The van der Waals surface area contributed by atoms with E-state index in [4.69, 9.17) is 14.3 Å². The molecule has 0 heterocycles. The van der Waals surface area contributed by atoms with E-state index >= 15 is 0 Å². The molecular formula is C16H24O4Si. The van der Waals surface area contributed by atoms with Gasteiger partial charge < -0.3 is 14.3 Å². The van der Waals surface area contributed by atoms with Crippen molar-refractivity contribution in [1.82, 2.24) is 0 Å². The molecule has 0 aromatic heterocycles. The Morgan fingerprint density at radius 3 is 2.29 bits per heavy atom. The molecular weight excluding hydrogens is 284 g/mol. The maximum Gasteiger partial charge on any atom is 0.328 e. The number of benzene rings is 1. The topological polar surface area (TPSA) is 55.8 Å². The van der Waals surface area contributed by atoms with Crippen molar-refractivity contribution in [2.24, 2.45) is 0 Å². The molecule has 0 aliphatic carbocycles. The Labute approximate surface area is 127 Å². The summed E-state index contributed by atoms with van der Waals surface area (Å²) in [6.45, 7) is 6.53. The number of carboxylic acids is 1. The van der Waals surface area contributed by atoms with E-state index in [1.165, 1.54) is 0 Å². The first kappa shape index (κ1) is 17.3. The molecule has 1 aromatic rings. The second-order valence-corrected chi connectivity index (χ2v) is 9.62. The predicted octanol–water partition coefficient (Wildman–Crippen LogP) is 4.18. The second-order valence-electron chi connectivity index (χ2n) is 4.93. The van der Waals surface area contributed by atoms with Crippen molar-refractivity contribution >= 4 is 20.4 Å². The zero-order chi connectivity index (χ0) is 15.9. The number of carbonyl (C=O) groups is 1. The Hall–Kier alpha value is -1.75. The molecule has 0 bridgehead atoms. The van der Waals surface area contributed by atoms with E-state index in [1.807, 2.05) is 12.1 Å². The van der Waals surface area contributed by atoms with Gasteiger partial charge in [0.15, 0.2) is 5.75 Å². The van der Waals surface area contributed by atoms with Crippen molar-refractivity contribution in [3.8, 4) is 11.5 Å². The van der Waals surface area contributed by atoms with Gasteiger partial charge in [-0.1, -0.05) is 26.8 Å². The number of carboxylic acid groups (broad SMARTS) is 1. The monoisotopic (exact) mass is 308 g/mol. The molecule has 0 saturated carbocycles. The lowest BCUT2D eigenvalue weighted by molar-refractivity contribution is -0.131. The van der Waals surface area contributed by atoms with Gasteiger partial charge in [-0.15, -0.1) is 0 Å². The molecule has 21 heavy (non-hydrogen) atoms. The first-order valence-corrected chi connectivity index (χ1v) is 9.81. The lowest BCUT2D eigenvalue weighted by atomic mass is 10.2. The highest BCUT2D eigenvalue weighted by Crippen LogP contribution is 2.33. The highest BCUT2D eigenvalue weighted by atomic mass is 28.4. The zero-order valence-electron chi connectivity index (χ0n) is 13.2. The molecule has 0 radical (unpaired) electrons. The molecule has 1 N–H and O–H groups in total. The van der Waals surface area contributed by atoms with Crippen LogP contribution in [0.1, 0.15) is 26.3 Å². The molecule has 0 fully saturated rings. The largest absolute Gasteiger partial charge is 0.541 e. The third-order valence-corrected chi connectivity index (χ3v) is 8.38. The maximum absolute atomic E-state index is 10.6. The van der Waals surface area contributed by atoms with Gasteiger partial charge in [-0.3, -0.25) is 0 Å². The van der Waals surface area contributed by atoms with Crippen LogP contribution in [-0.2, 0) is 4.79 Å². The van der Waals surface area contributed by atoms with Gasteiger partial charge in [0.2, 0.25) is 0 Å². The van der Waals surface area contributed by atoms with Crippen LogP contribution in [0, 0.1) is 0 Å². The van der Waals surface area contributed by atoms with Gasteiger partial charge in [0.05, 0.1) is 7.11 Å². The van der Waals surface area contributed by atoms with Crippen molar-refractivity contribution in [3.63, 3.8) is 0 Å². The summed E-state index contributed by atoms with van der Waals surface area (Å²) in [4.78, 5) is 10.6. The second kappa shape index (κ2) is 7.88. The summed E-state index contributed by atoms with van der Waals surface area (Å²) in [6.07, 6.45) is 2.65. The average molecular weight is 308 g/mol. The van der Waals surface area contributed by atoms with E-state index in [-0.39, 0.29) is 0 Å². The number of aliphatic carboxylic acids is 1. The van der Waals surface area contributed by atoms with Crippen LogP contribution < -0.4 is 9.16 Å². The van der Waals surface area contributed by atoms with E-state index in [9.17, 15) is 4.79 Å². The van der Waals surface area contributed by atoms with E-state index in [0.29, 0.717) is 5.75 Å². The highest BCUT2D eigenvalue weighted by molar-refractivity contribution is 6.74. The zero-order valence-corrected chi connectivity index (χ0v) is 14.2. The fraction of sp³-hybridized carbons (Fsp3) is 0.438. The average Bonchev–Trinajstić information content (AvgIpc) is 2.51. The van der Waals surface area contributed by atoms with Gasteiger partial charge in [0, 0.05) is 6.08 Å². The van der Waals surface area contributed by atoms with Crippen LogP contribution in [0.4, 0.5) is 0 Å². The van der Waals surface area contributed by atoms with Crippen LogP contribution >= 0.6 is 0 Å². The Balaban J connectivity index is 3.06. The van der Waals surface area contributed by atoms with Gasteiger partial charge >= 0.3 is 5.97 Å². The summed E-state index contributed by atoms with van der Waals surface area (Å²) in [5, 5.41) is 8.67. The first-order chi connectivity index (χ1) is 10.00. The summed E-state index contributed by atoms with van der Waals surface area (Å²) in [5.74, 6) is 0.431. The number of rotatable bonds is 8. The molecule has 5 heteroatoms. The van der Waals surface area contributed by atoms with Crippen LogP contribution in [-0.4, -0.2) is 26.5 Å². The summed E-state index contributed by atoms with van der Waals surface area (Å²) >= 11 is 0. The molecule has 0 aliphatic rings. The van der Waals surface area contributed by atoms with Gasteiger partial charge in [-0.2, -0.15) is 0 Å². The van der Waals surface area contributed by atoms with Crippen molar-refractivity contribution in [2.75, 3.05) is 7.11 Å². The maximum atomic E-state index is 10.6. The van der Waals surface area contributed by atoms with Gasteiger partial charge in [0.1, 0.15) is 5.75 Å². The molecule has 0 aliphatic heterocycles. The van der Waals surface area contributed by atoms with E-state index in [0.717, 1.165) is 35.5 Å². The Kier molecular flexibility index (Phi) is 6.49. The standard InChI is InChI=1S/C16H24O4Si/c1-5-21(6-2,7-3)20-14-10-8-13(9-11-16(17)18)12-15(14)19-4/h8-12H,5-7H2,1-4H3,(H,17,18)/b11-9+. The minimum atomic E-state index is -1.75. The first-order valence-electron chi connectivity index (χ1n) is 7.28. The van der Waals surface area contributed by atoms with Crippen molar-refractivity contribution in [1.29, 1.82) is 0 Å². The van der Waals surface area contributed by atoms with Crippen molar-refractivity contribution in [2.45, 2.75) is 38.9 Å². The van der Waals surface area contributed by atoms with Gasteiger partial charge in [-0.05, 0) is 41.9 Å². The van der Waals surface area contributed by atoms with Gasteiger partial charge in [0.25, 0.3) is 8.32 Å². The van der Waals surface area contributed by atoms with Crippen LogP contribution in [0.2, 0.25) is 18.1 Å². The van der Waals surface area contributed by atoms with Crippen molar-refractivity contribution in [3.05, 3.63) is 29.8 Å². The summed E-state index contributed by atoms with van der Waals surface area (Å²) in [5.41, 5.74) is 0.776. The van der Waals surface area contributed by atoms with Crippen molar-refractivity contribution < 1.29 is 19.1 Å². The number of ether oxygens (including phenoxy) is 1. The third-order valence-electron chi connectivity index (χ3n) is 3.87. The Morgan fingerprint density at radius 2 is 1.81 bits per heavy atom. The molecule has 4 nitrogen and oxygen atoms in total. The molecule has 0 atom stereocenters. The lowest BCUT2D eigenvalue weighted by Crippen LogP contribution is -2.39. The van der Waals surface area contributed by atoms with Gasteiger partial charge in [-0.25, -0.2) is 4.79 Å². The van der Waals surface area contributed by atoms with E-state index in [2.05, 4.69) is 20.8 Å². The highest BCUT2D eigenvalue weighted by Gasteiger charge is 2.31. The lowest BCUT2D eigenvalue weighted by Gasteiger charge is -2.29. The van der Waals surface area contributed by atoms with Crippen LogP contribution in [0.15, 0.2) is 24.3 Å². The molecule has 1 aromatic carbocycles. The third kappa shape index (κ3) is 4.63. The molecule has 1 rings (SSSR count). The molecule has 0 saturated heterocycles. The van der Waals surface area contributed by atoms with E-state index in [1.54, 1.807) is 19.3 Å². The summed E-state index contributed by atoms with van der Waals surface area (Å²) in [7, 11) is -0.155. The molecule has 0 amide bonds. The molecule has 0 spiro atoms. The summed E-state index contributed by atoms with van der Waals surface area (Å²) < 4.78 is 11.7. The number of hydrogen-bond donors (Lipinski definition) is 1. The minimum Gasteiger partial charge on any atom is -0.541 e. The normalized spacial score (nSPS) is 11.6. The summed E-state index contributed by atoms with van der Waals surface area (Å²) in [6, 6.07) is 8.69. The molecule has 0 unspecified atom stereocenters. The SMILES string of the molecule is CC[Si](CC)(CC)Oc1ccc(/C=C/C(=O)O)cc1OC. The Bertz CT molecular complexity index is 499. The predicted molar refractivity (Wildman–Crippen MR) is 87.5 cm³/mol. The smallest absolute Gasteiger partial charge is 0.328 e.